The molecule has 2 aliphatic rings. The molecule has 1 atom stereocenters. The molecule has 2 fully saturated rings. The molecule has 2 aliphatic heterocycles. The van der Waals surface area contributed by atoms with Gasteiger partial charge >= 0.3 is 0 Å². The molecule has 0 radical (unpaired) electrons. The molecule has 0 aliphatic carbocycles. The molecular weight excluding hydrogens is 492 g/mol. The van der Waals surface area contributed by atoms with Crippen LogP contribution in [-0.2, 0) is 0 Å². The number of anilines is 2. The van der Waals surface area contributed by atoms with Crippen molar-refractivity contribution in [2.24, 2.45) is 5.92 Å². The first-order chi connectivity index (χ1) is 17.9. The van der Waals surface area contributed by atoms with Crippen LogP contribution in [-0.4, -0.2) is 95.3 Å². The monoisotopic (exact) mass is 530 g/mol. The van der Waals surface area contributed by atoms with Gasteiger partial charge in [0.2, 0.25) is 0 Å². The van der Waals surface area contributed by atoms with Gasteiger partial charge in [0, 0.05) is 64.9 Å². The number of nitrogens with two attached hydrogens (primary N) is 1. The minimum absolute atomic E-state index is 0.0308. The fourth-order valence-electron chi connectivity index (χ4n) is 5.14. The number of likely N-dealkylation sites (tertiary alicyclic amines) is 1. The normalized spacial score (nSPS) is 19.0. The number of carbonyl (C=O) groups excluding carboxylic acids is 2. The predicted octanol–water partition coefficient (Wildman–Crippen LogP) is 2.43. The Bertz CT molecular complexity index is 1060. The van der Waals surface area contributed by atoms with Crippen molar-refractivity contribution < 1.29 is 9.59 Å². The summed E-state index contributed by atoms with van der Waals surface area (Å²) < 4.78 is 0. The van der Waals surface area contributed by atoms with Crippen molar-refractivity contribution in [2.45, 2.75) is 39.2 Å². The van der Waals surface area contributed by atoms with Gasteiger partial charge in [0.05, 0.1) is 17.5 Å². The molecule has 2 aromatic rings. The molecular formula is C26H39ClN8O2. The maximum atomic E-state index is 12.9. The highest BCUT2D eigenvalue weighted by Gasteiger charge is 2.32. The Hall–Kier alpha value is -2.98. The second-order valence-electron chi connectivity index (χ2n) is 9.42. The number of halogens is 1. The van der Waals surface area contributed by atoms with Gasteiger partial charge in [0.1, 0.15) is 17.3 Å². The summed E-state index contributed by atoms with van der Waals surface area (Å²) in [6, 6.07) is 3.95. The number of hydrogen-bond acceptors (Lipinski definition) is 8. The number of amides is 2. The Labute approximate surface area is 224 Å². The zero-order valence-corrected chi connectivity index (χ0v) is 23.0. The van der Waals surface area contributed by atoms with Gasteiger partial charge in [0.15, 0.2) is 0 Å². The summed E-state index contributed by atoms with van der Waals surface area (Å²) in [5.74, 6) is 1.40. The summed E-state index contributed by atoms with van der Waals surface area (Å²) in [4.78, 5) is 44.8. The number of piperidine rings is 1. The van der Waals surface area contributed by atoms with Crippen LogP contribution in [0.5, 0.6) is 0 Å². The first-order valence-electron chi connectivity index (χ1n) is 12.8. The lowest BCUT2D eigenvalue weighted by atomic mass is 9.99. The molecule has 11 heteroatoms. The van der Waals surface area contributed by atoms with E-state index in [1.165, 1.54) is 6.38 Å². The lowest BCUT2D eigenvalue weighted by Gasteiger charge is -2.39. The van der Waals surface area contributed by atoms with Crippen LogP contribution in [0.2, 0.25) is 0 Å². The van der Waals surface area contributed by atoms with Gasteiger partial charge in [-0.3, -0.25) is 14.5 Å². The summed E-state index contributed by atoms with van der Waals surface area (Å²) >= 11 is 4.64. The van der Waals surface area contributed by atoms with E-state index in [1.54, 1.807) is 31.6 Å². The first kappa shape index (κ1) is 28.6. The molecule has 2 aromatic heterocycles. The number of nitrogen functional groups attached to an aromatic ring is 1. The number of rotatable bonds is 5. The van der Waals surface area contributed by atoms with Gasteiger partial charge < -0.3 is 20.9 Å². The average Bonchev–Trinajstić information content (AvgIpc) is 3.16. The standard InChI is InChI=1S/C25H36N8O2.CH3Cl/c1-4-18-15-32(12-13-33(16-18)23-17(2)30-21(14-29-23)24(34)27-3)19-7-10-31(11-8-19)25(35)20-6-5-9-28-22(20)26;1-2/h5-6,9,14,18-19H,4,7-8,10-13,15-16H2,1-3H3,(H2,26,28)(H,27,34);1H3/t18-;/m1./s1. The molecule has 2 amide bonds. The number of aromatic nitrogens is 3. The highest BCUT2D eigenvalue weighted by Crippen LogP contribution is 2.26. The molecule has 0 aromatic carbocycles. The van der Waals surface area contributed by atoms with Crippen LogP contribution >= 0.6 is 11.6 Å². The largest absolute Gasteiger partial charge is 0.383 e. The van der Waals surface area contributed by atoms with Gasteiger partial charge in [-0.1, -0.05) is 13.3 Å². The lowest BCUT2D eigenvalue weighted by Crippen LogP contribution is -2.48. The van der Waals surface area contributed by atoms with Crippen molar-refractivity contribution in [1.82, 2.24) is 30.1 Å². The molecule has 0 saturated carbocycles. The zero-order chi connectivity index (χ0) is 26.9. The van der Waals surface area contributed by atoms with Crippen molar-refractivity contribution in [2.75, 3.05) is 63.3 Å². The third-order valence-electron chi connectivity index (χ3n) is 7.22. The van der Waals surface area contributed by atoms with Gasteiger partial charge in [-0.25, -0.2) is 15.0 Å². The van der Waals surface area contributed by atoms with E-state index in [2.05, 4.69) is 48.6 Å². The number of pyridine rings is 1. The number of hydrogen-bond donors (Lipinski definition) is 2. The molecule has 4 heterocycles. The third-order valence-corrected chi connectivity index (χ3v) is 7.22. The summed E-state index contributed by atoms with van der Waals surface area (Å²) in [6.45, 7) is 9.34. The van der Waals surface area contributed by atoms with E-state index in [0.717, 1.165) is 70.0 Å². The lowest BCUT2D eigenvalue weighted by molar-refractivity contribution is 0.0611. The molecule has 202 valence electrons. The van der Waals surface area contributed by atoms with Crippen LogP contribution in [0, 0.1) is 12.8 Å². The van der Waals surface area contributed by atoms with Gasteiger partial charge in [-0.2, -0.15) is 0 Å². The van der Waals surface area contributed by atoms with Crippen LogP contribution < -0.4 is 16.0 Å². The predicted molar refractivity (Wildman–Crippen MR) is 147 cm³/mol. The van der Waals surface area contributed by atoms with Crippen molar-refractivity contribution in [3.05, 3.63) is 41.5 Å². The summed E-state index contributed by atoms with van der Waals surface area (Å²) in [7, 11) is 1.59. The van der Waals surface area contributed by atoms with E-state index in [9.17, 15) is 9.59 Å². The van der Waals surface area contributed by atoms with Crippen LogP contribution in [0.15, 0.2) is 24.5 Å². The quantitative estimate of drug-likeness (QED) is 0.565. The van der Waals surface area contributed by atoms with Crippen molar-refractivity contribution in [3.63, 3.8) is 0 Å². The SMILES string of the molecule is CC[C@H]1CN(c2ncc(C(=O)NC)nc2C)CCN(C2CCN(C(=O)c3cccnc3N)CC2)C1.CCl. The topological polar surface area (TPSA) is 121 Å². The molecule has 0 bridgehead atoms. The van der Waals surface area contributed by atoms with Crippen molar-refractivity contribution >= 4 is 35.1 Å². The number of nitrogens with zero attached hydrogens (tertiary/aromatic N) is 6. The molecule has 0 unspecified atom stereocenters. The number of nitrogens with one attached hydrogen (secondary N) is 1. The highest BCUT2D eigenvalue weighted by molar-refractivity contribution is 6.15. The van der Waals surface area contributed by atoms with Crippen LogP contribution in [0.4, 0.5) is 11.6 Å². The second-order valence-corrected chi connectivity index (χ2v) is 9.42. The fourth-order valence-corrected chi connectivity index (χ4v) is 5.14. The smallest absolute Gasteiger partial charge is 0.271 e. The molecule has 10 nitrogen and oxygen atoms in total. The molecule has 4 rings (SSSR count). The summed E-state index contributed by atoms with van der Waals surface area (Å²) in [5.41, 5.74) is 7.52. The van der Waals surface area contributed by atoms with Crippen LogP contribution in [0.1, 0.15) is 52.7 Å². The Morgan fingerprint density at radius 3 is 2.49 bits per heavy atom. The summed E-state index contributed by atoms with van der Waals surface area (Å²) in [6.07, 6.45) is 7.61. The average molecular weight is 531 g/mol. The maximum absolute atomic E-state index is 12.9. The number of alkyl halides is 1. The third kappa shape index (κ3) is 6.87. The van der Waals surface area contributed by atoms with Gasteiger partial charge in [-0.05, 0) is 37.8 Å². The van der Waals surface area contributed by atoms with Crippen LogP contribution in [0.3, 0.4) is 0 Å². The van der Waals surface area contributed by atoms with E-state index in [1.807, 2.05) is 11.8 Å². The van der Waals surface area contributed by atoms with Gasteiger partial charge in [-0.15, -0.1) is 11.6 Å². The van der Waals surface area contributed by atoms with E-state index < -0.39 is 0 Å². The van der Waals surface area contributed by atoms with Crippen molar-refractivity contribution in [3.8, 4) is 0 Å². The molecule has 0 spiro atoms. The Kier molecular flexibility index (Phi) is 10.5. The highest BCUT2D eigenvalue weighted by atomic mass is 35.5. The second kappa shape index (κ2) is 13.5. The zero-order valence-electron chi connectivity index (χ0n) is 22.3. The Morgan fingerprint density at radius 1 is 1.14 bits per heavy atom. The Balaban J connectivity index is 0.00000186. The van der Waals surface area contributed by atoms with E-state index in [4.69, 9.17) is 5.73 Å². The fraction of sp³-hybridized carbons (Fsp3) is 0.577. The maximum Gasteiger partial charge on any atom is 0.271 e. The van der Waals surface area contributed by atoms with Crippen LogP contribution in [0.25, 0.3) is 0 Å². The molecule has 3 N–H and O–H groups in total. The van der Waals surface area contributed by atoms with E-state index >= 15 is 0 Å². The van der Waals surface area contributed by atoms with Gasteiger partial charge in [0.25, 0.3) is 11.8 Å². The first-order valence-corrected chi connectivity index (χ1v) is 13.6. The number of aryl methyl sites for hydroxylation is 1. The van der Waals surface area contributed by atoms with E-state index in [-0.39, 0.29) is 11.8 Å². The van der Waals surface area contributed by atoms with Crippen molar-refractivity contribution in [1.29, 1.82) is 0 Å². The minimum atomic E-state index is -0.225. The minimum Gasteiger partial charge on any atom is -0.383 e. The number of carbonyl (C=O) groups is 2. The summed E-state index contributed by atoms with van der Waals surface area (Å²) in [5, 5.41) is 2.60. The molecule has 2 saturated heterocycles. The Morgan fingerprint density at radius 2 is 1.86 bits per heavy atom. The molecule has 37 heavy (non-hydrogen) atoms. The van der Waals surface area contributed by atoms with E-state index in [0.29, 0.717) is 29.0 Å².